The normalized spacial score (nSPS) is 38.3. The zero-order valence-corrected chi connectivity index (χ0v) is 6.13. The quantitative estimate of drug-likeness (QED) is 0.592. The van der Waals surface area contributed by atoms with Gasteiger partial charge in [0.2, 0.25) is 0 Å². The smallest absolute Gasteiger partial charge is 0.309 e. The molecule has 0 aromatic heterocycles. The van der Waals surface area contributed by atoms with Crippen molar-refractivity contribution in [1.29, 1.82) is 0 Å². The highest BCUT2D eigenvalue weighted by molar-refractivity contribution is 5.76. The Morgan fingerprint density at radius 2 is 2.50 bits per heavy atom. The molecule has 2 heteroatoms. The minimum Gasteiger partial charge on any atom is -0.481 e. The molecule has 0 saturated heterocycles. The third-order valence-corrected chi connectivity index (χ3v) is 2.57. The molecule has 2 unspecified atom stereocenters. The number of carbonyl (C=O) groups is 1. The first-order chi connectivity index (χ1) is 4.61. The molecule has 0 aliphatic heterocycles. The molecule has 1 fully saturated rings. The summed E-state index contributed by atoms with van der Waals surface area (Å²) in [5.41, 5.74) is -0.512. The summed E-state index contributed by atoms with van der Waals surface area (Å²) in [6, 6.07) is 0. The van der Waals surface area contributed by atoms with Gasteiger partial charge in [0.05, 0.1) is 5.41 Å². The average Bonchev–Trinajstić information content (AvgIpc) is 1.85. The van der Waals surface area contributed by atoms with Crippen molar-refractivity contribution in [2.45, 2.75) is 19.8 Å². The molecular formula is C8H12O2. The van der Waals surface area contributed by atoms with E-state index >= 15 is 0 Å². The lowest BCUT2D eigenvalue weighted by atomic mass is 9.61. The monoisotopic (exact) mass is 140 g/mol. The van der Waals surface area contributed by atoms with Crippen molar-refractivity contribution in [3.63, 3.8) is 0 Å². The van der Waals surface area contributed by atoms with Crippen molar-refractivity contribution in [3.05, 3.63) is 12.7 Å². The van der Waals surface area contributed by atoms with Crippen LogP contribution in [0.1, 0.15) is 19.8 Å². The van der Waals surface area contributed by atoms with Crippen LogP contribution in [0.5, 0.6) is 0 Å². The Morgan fingerprint density at radius 3 is 2.60 bits per heavy atom. The first-order valence-corrected chi connectivity index (χ1v) is 3.47. The highest BCUT2D eigenvalue weighted by Gasteiger charge is 2.47. The minimum absolute atomic E-state index is 0.185. The van der Waals surface area contributed by atoms with Crippen LogP contribution in [-0.2, 0) is 4.79 Å². The molecule has 0 radical (unpaired) electrons. The molecule has 1 rings (SSSR count). The van der Waals surface area contributed by atoms with Gasteiger partial charge in [-0.1, -0.05) is 6.08 Å². The van der Waals surface area contributed by atoms with E-state index in [4.69, 9.17) is 5.11 Å². The number of carboxylic acids is 1. The molecule has 0 aromatic carbocycles. The second kappa shape index (κ2) is 2.11. The van der Waals surface area contributed by atoms with Gasteiger partial charge in [-0.2, -0.15) is 0 Å². The Hall–Kier alpha value is -0.790. The molecule has 2 nitrogen and oxygen atoms in total. The molecule has 0 heterocycles. The second-order valence-electron chi connectivity index (χ2n) is 3.10. The van der Waals surface area contributed by atoms with Gasteiger partial charge in [0.25, 0.3) is 0 Å². The largest absolute Gasteiger partial charge is 0.481 e. The molecule has 0 bridgehead atoms. The lowest BCUT2D eigenvalue weighted by Gasteiger charge is -2.41. The van der Waals surface area contributed by atoms with E-state index in [0.29, 0.717) is 0 Å². The van der Waals surface area contributed by atoms with Crippen LogP contribution < -0.4 is 0 Å². The van der Waals surface area contributed by atoms with Crippen molar-refractivity contribution in [3.8, 4) is 0 Å². The van der Waals surface area contributed by atoms with Crippen LogP contribution in [0.4, 0.5) is 0 Å². The fourth-order valence-electron chi connectivity index (χ4n) is 1.39. The molecule has 0 spiro atoms. The Kier molecular flexibility index (Phi) is 1.55. The van der Waals surface area contributed by atoms with Gasteiger partial charge >= 0.3 is 5.97 Å². The van der Waals surface area contributed by atoms with E-state index < -0.39 is 11.4 Å². The van der Waals surface area contributed by atoms with Gasteiger partial charge in [-0.3, -0.25) is 4.79 Å². The van der Waals surface area contributed by atoms with E-state index in [1.54, 1.807) is 13.0 Å². The molecule has 1 N–H and O–H groups in total. The van der Waals surface area contributed by atoms with Crippen LogP contribution in [0.15, 0.2) is 12.7 Å². The topological polar surface area (TPSA) is 37.3 Å². The van der Waals surface area contributed by atoms with Gasteiger partial charge in [0.1, 0.15) is 0 Å². The molecule has 1 aliphatic rings. The average molecular weight is 140 g/mol. The summed E-state index contributed by atoms with van der Waals surface area (Å²) < 4.78 is 0. The Balaban J connectivity index is 2.70. The van der Waals surface area contributed by atoms with E-state index in [9.17, 15) is 4.79 Å². The molecule has 1 saturated carbocycles. The third-order valence-electron chi connectivity index (χ3n) is 2.57. The molecule has 1 aliphatic carbocycles. The van der Waals surface area contributed by atoms with Gasteiger partial charge in [-0.05, 0) is 25.7 Å². The Morgan fingerprint density at radius 1 is 1.90 bits per heavy atom. The lowest BCUT2D eigenvalue weighted by molar-refractivity contribution is -0.156. The highest BCUT2D eigenvalue weighted by Crippen LogP contribution is 2.46. The predicted octanol–water partition coefficient (Wildman–Crippen LogP) is 1.67. The van der Waals surface area contributed by atoms with E-state index in [1.165, 1.54) is 0 Å². The van der Waals surface area contributed by atoms with Crippen molar-refractivity contribution >= 4 is 5.97 Å². The van der Waals surface area contributed by atoms with Crippen LogP contribution in [-0.4, -0.2) is 11.1 Å². The fraction of sp³-hybridized carbons (Fsp3) is 0.625. The summed E-state index contributed by atoms with van der Waals surface area (Å²) in [6.07, 6.45) is 3.52. The lowest BCUT2D eigenvalue weighted by Crippen LogP contribution is -2.43. The first kappa shape index (κ1) is 7.32. The SMILES string of the molecule is C=CC1CCC1(C)C(=O)O. The zero-order chi connectivity index (χ0) is 7.78. The number of rotatable bonds is 2. The molecule has 0 aromatic rings. The minimum atomic E-state index is -0.691. The molecular weight excluding hydrogens is 128 g/mol. The molecule has 56 valence electrons. The van der Waals surface area contributed by atoms with Gasteiger partial charge in [-0.25, -0.2) is 0 Å². The van der Waals surface area contributed by atoms with Crippen molar-refractivity contribution < 1.29 is 9.90 Å². The van der Waals surface area contributed by atoms with Gasteiger partial charge in [0, 0.05) is 0 Å². The number of hydrogen-bond acceptors (Lipinski definition) is 1. The fourth-order valence-corrected chi connectivity index (χ4v) is 1.39. The van der Waals surface area contributed by atoms with Gasteiger partial charge < -0.3 is 5.11 Å². The Bertz CT molecular complexity index is 174. The van der Waals surface area contributed by atoms with Gasteiger partial charge in [-0.15, -0.1) is 6.58 Å². The van der Waals surface area contributed by atoms with Crippen molar-refractivity contribution in [2.75, 3.05) is 0 Å². The Labute approximate surface area is 60.6 Å². The van der Waals surface area contributed by atoms with Crippen LogP contribution in [0, 0.1) is 11.3 Å². The highest BCUT2D eigenvalue weighted by atomic mass is 16.4. The summed E-state index contributed by atoms with van der Waals surface area (Å²) in [4.78, 5) is 10.6. The van der Waals surface area contributed by atoms with Crippen LogP contribution in [0.3, 0.4) is 0 Å². The van der Waals surface area contributed by atoms with Gasteiger partial charge in [0.15, 0.2) is 0 Å². The number of hydrogen-bond donors (Lipinski definition) is 1. The van der Waals surface area contributed by atoms with Crippen LogP contribution in [0.2, 0.25) is 0 Å². The third kappa shape index (κ3) is 0.753. The maximum Gasteiger partial charge on any atom is 0.309 e. The zero-order valence-electron chi connectivity index (χ0n) is 6.13. The number of carboxylic acid groups (broad SMARTS) is 1. The van der Waals surface area contributed by atoms with Crippen molar-refractivity contribution in [1.82, 2.24) is 0 Å². The summed E-state index contributed by atoms with van der Waals surface area (Å²) in [5, 5.41) is 8.75. The number of allylic oxidation sites excluding steroid dienone is 1. The first-order valence-electron chi connectivity index (χ1n) is 3.47. The van der Waals surface area contributed by atoms with E-state index in [1.807, 2.05) is 0 Å². The maximum absolute atomic E-state index is 10.6. The van der Waals surface area contributed by atoms with Crippen LogP contribution >= 0.6 is 0 Å². The molecule has 10 heavy (non-hydrogen) atoms. The van der Waals surface area contributed by atoms with E-state index in [2.05, 4.69) is 6.58 Å². The molecule has 2 atom stereocenters. The van der Waals surface area contributed by atoms with Crippen LogP contribution in [0.25, 0.3) is 0 Å². The maximum atomic E-state index is 10.6. The standard InChI is InChI=1S/C8H12O2/c1-3-6-4-5-8(6,2)7(9)10/h3,6H,1,4-5H2,2H3,(H,9,10). The predicted molar refractivity (Wildman–Crippen MR) is 38.7 cm³/mol. The van der Waals surface area contributed by atoms with E-state index in [0.717, 1.165) is 12.8 Å². The van der Waals surface area contributed by atoms with E-state index in [-0.39, 0.29) is 5.92 Å². The summed E-state index contributed by atoms with van der Waals surface area (Å²) in [5.74, 6) is -0.506. The summed E-state index contributed by atoms with van der Waals surface area (Å²) >= 11 is 0. The molecule has 0 amide bonds. The number of aliphatic carboxylic acids is 1. The van der Waals surface area contributed by atoms with Crippen molar-refractivity contribution in [2.24, 2.45) is 11.3 Å². The summed E-state index contributed by atoms with van der Waals surface area (Å²) in [6.45, 7) is 5.38. The second-order valence-corrected chi connectivity index (χ2v) is 3.10. The summed E-state index contributed by atoms with van der Waals surface area (Å²) in [7, 11) is 0.